The molecule has 3 aromatic rings. The van der Waals surface area contributed by atoms with Crippen molar-refractivity contribution in [3.05, 3.63) is 87.1 Å². The summed E-state index contributed by atoms with van der Waals surface area (Å²) in [6, 6.07) is 6.81. The molecule has 0 radical (unpaired) electrons. The maximum absolute atomic E-state index is 15.1. The van der Waals surface area contributed by atoms with Crippen LogP contribution in [0.3, 0.4) is 0 Å². The molecule has 11 heteroatoms. The van der Waals surface area contributed by atoms with Crippen molar-refractivity contribution in [2.75, 3.05) is 24.8 Å². The molecule has 3 aliphatic rings. The van der Waals surface area contributed by atoms with Crippen LogP contribution < -0.4 is 14.9 Å². The zero-order valence-electron chi connectivity index (χ0n) is 17.6. The van der Waals surface area contributed by atoms with Crippen LogP contribution in [0.2, 0.25) is 0 Å². The molecule has 174 valence electrons. The van der Waals surface area contributed by atoms with E-state index in [1.807, 2.05) is 6.07 Å². The van der Waals surface area contributed by atoms with Gasteiger partial charge in [-0.3, -0.25) is 0 Å². The van der Waals surface area contributed by atoms with Gasteiger partial charge in [-0.05, 0) is 0 Å². The normalized spacial score (nSPS) is 21.3. The predicted octanol–water partition coefficient (Wildman–Crippen LogP) is 0.610. The van der Waals surface area contributed by atoms with Crippen LogP contribution >= 0.6 is 0 Å². The second-order valence-electron chi connectivity index (χ2n) is 8.16. The Morgan fingerprint density at radius 2 is 2.03 bits per heavy atom. The van der Waals surface area contributed by atoms with Gasteiger partial charge in [0, 0.05) is 0 Å². The van der Waals surface area contributed by atoms with Gasteiger partial charge in [0.1, 0.15) is 0 Å². The van der Waals surface area contributed by atoms with E-state index in [1.54, 1.807) is 23.3 Å². The van der Waals surface area contributed by atoms with E-state index in [0.717, 1.165) is 10.5 Å². The van der Waals surface area contributed by atoms with E-state index in [0.29, 0.717) is 23.2 Å². The third-order valence-electron chi connectivity index (χ3n) is 6.40. The average molecular weight is 531 g/mol. The Morgan fingerprint density at radius 1 is 1.18 bits per heavy atom. The van der Waals surface area contributed by atoms with Crippen LogP contribution in [0, 0.1) is 11.6 Å². The topological polar surface area (TPSA) is 87.9 Å². The Bertz CT molecular complexity index is 1400. The minimum absolute atomic E-state index is 0.154. The number of carbonyl (C=O) groups excluding carboxylic acids is 1. The summed E-state index contributed by atoms with van der Waals surface area (Å²) in [6.07, 6.45) is 2.43. The van der Waals surface area contributed by atoms with Crippen LogP contribution in [-0.4, -0.2) is 66.5 Å². The number of benzene rings is 1. The Morgan fingerprint density at radius 3 is 2.88 bits per heavy atom. The number of rotatable bonds is 1. The van der Waals surface area contributed by atoms with Gasteiger partial charge in [-0.1, -0.05) is 0 Å². The third-order valence-corrected chi connectivity index (χ3v) is 8.68. The Balaban J connectivity index is 1.67. The van der Waals surface area contributed by atoms with Gasteiger partial charge in [-0.2, -0.15) is 0 Å². The number of fused-ring (bicyclic) bond motifs is 4. The second kappa shape index (κ2) is 7.90. The van der Waals surface area contributed by atoms with Gasteiger partial charge in [0.25, 0.3) is 0 Å². The molecule has 8 nitrogen and oxygen atoms in total. The SMILES string of the molecule is O=C1c2c(O)c(=O)ccn2N([C@@H]2c3ccc(F)c(F)c3C[Se]c3cccnc32)[C@@H]2COCCN12. The number of hydrogen-bond acceptors (Lipinski definition) is 6. The summed E-state index contributed by atoms with van der Waals surface area (Å²) >= 11 is -0.218. The number of ether oxygens (including phenoxy) is 1. The molecule has 1 amide bonds. The Labute approximate surface area is 198 Å². The molecule has 0 saturated carbocycles. The van der Waals surface area contributed by atoms with Crippen LogP contribution in [0.1, 0.15) is 33.4 Å². The van der Waals surface area contributed by atoms with Crippen molar-refractivity contribution in [1.29, 1.82) is 0 Å². The number of carbonyl (C=O) groups is 1. The van der Waals surface area contributed by atoms with Gasteiger partial charge >= 0.3 is 198 Å². The molecule has 2 atom stereocenters. The predicted molar refractivity (Wildman–Crippen MR) is 118 cm³/mol. The van der Waals surface area contributed by atoms with E-state index in [9.17, 15) is 19.1 Å². The number of nitrogens with zero attached hydrogens (tertiary/aromatic N) is 4. The standard InChI is InChI=1S/C23H18F2N4O4Se/c24-14-4-3-12-13(18(14)25)11-34-16-2-1-6-26-19(16)20(12)29-17-10-33-9-8-27(17)23(32)21-22(31)15(30)5-7-28(21)29/h1-7,17,20,31H,8-11H2/t17-,20-/m1/s1. The third kappa shape index (κ3) is 3.01. The number of aromatic nitrogens is 2. The quantitative estimate of drug-likeness (QED) is 0.464. The first kappa shape index (κ1) is 21.3. The monoisotopic (exact) mass is 532 g/mol. The number of aromatic hydroxyl groups is 1. The molecule has 1 saturated heterocycles. The number of halogens is 2. The first-order valence-electron chi connectivity index (χ1n) is 10.6. The summed E-state index contributed by atoms with van der Waals surface area (Å²) in [5.41, 5.74) is 0.568. The maximum atomic E-state index is 15.1. The molecule has 1 fully saturated rings. The molecule has 5 heterocycles. The zero-order valence-corrected chi connectivity index (χ0v) is 19.4. The Hall–Kier alpha value is -3.27. The van der Waals surface area contributed by atoms with Crippen molar-refractivity contribution in [2.24, 2.45) is 0 Å². The molecular weight excluding hydrogens is 513 g/mol. The molecule has 0 bridgehead atoms. The first-order valence-corrected chi connectivity index (χ1v) is 12.7. The van der Waals surface area contributed by atoms with E-state index in [1.165, 1.54) is 21.8 Å². The van der Waals surface area contributed by atoms with Crippen LogP contribution in [-0.2, 0) is 10.1 Å². The molecule has 34 heavy (non-hydrogen) atoms. The Kier molecular flexibility index (Phi) is 4.94. The molecule has 0 spiro atoms. The number of pyridine rings is 2. The molecular formula is C23H18F2N4O4Se. The summed E-state index contributed by atoms with van der Waals surface area (Å²) < 4.78 is 37.4. The number of hydrogen-bond donors (Lipinski definition) is 1. The molecule has 0 aliphatic carbocycles. The minimum atomic E-state index is -0.926. The van der Waals surface area contributed by atoms with E-state index < -0.39 is 40.9 Å². The van der Waals surface area contributed by atoms with Crippen molar-refractivity contribution >= 4 is 25.3 Å². The summed E-state index contributed by atoms with van der Waals surface area (Å²) in [5, 5.41) is 12.7. The fraction of sp³-hybridized carbons (Fsp3) is 0.261. The van der Waals surface area contributed by atoms with Gasteiger partial charge in [-0.25, -0.2) is 0 Å². The summed E-state index contributed by atoms with van der Waals surface area (Å²) in [5.74, 6) is -2.98. The van der Waals surface area contributed by atoms with Crippen molar-refractivity contribution in [2.45, 2.75) is 17.5 Å². The fourth-order valence-electron chi connectivity index (χ4n) is 4.84. The summed E-state index contributed by atoms with van der Waals surface area (Å²) in [4.78, 5) is 31.7. The van der Waals surface area contributed by atoms with Crippen molar-refractivity contribution in [1.82, 2.24) is 14.6 Å². The molecule has 0 unspecified atom stereocenters. The van der Waals surface area contributed by atoms with E-state index >= 15 is 4.39 Å². The molecule has 1 N–H and O–H groups in total. The molecule has 2 aromatic heterocycles. The van der Waals surface area contributed by atoms with Crippen LogP contribution in [0.25, 0.3) is 0 Å². The van der Waals surface area contributed by atoms with Gasteiger partial charge in [0.2, 0.25) is 0 Å². The van der Waals surface area contributed by atoms with Gasteiger partial charge in [0.15, 0.2) is 0 Å². The van der Waals surface area contributed by atoms with Crippen molar-refractivity contribution in [3.63, 3.8) is 0 Å². The van der Waals surface area contributed by atoms with Crippen LogP contribution in [0.4, 0.5) is 8.78 Å². The summed E-state index contributed by atoms with van der Waals surface area (Å²) in [6.45, 7) is 0.701. The molecule has 6 rings (SSSR count). The van der Waals surface area contributed by atoms with Crippen LogP contribution in [0.15, 0.2) is 47.5 Å². The van der Waals surface area contributed by atoms with Crippen LogP contribution in [0.5, 0.6) is 5.75 Å². The zero-order chi connectivity index (χ0) is 23.6. The fourth-order valence-corrected chi connectivity index (χ4v) is 7.10. The van der Waals surface area contributed by atoms with E-state index in [-0.39, 0.29) is 39.4 Å². The van der Waals surface area contributed by atoms with Crippen molar-refractivity contribution < 1.29 is 23.4 Å². The molecule has 3 aliphatic heterocycles. The average Bonchev–Trinajstić information content (AvgIpc) is 3.01. The second-order valence-corrected chi connectivity index (χ2v) is 10.3. The summed E-state index contributed by atoms with van der Waals surface area (Å²) in [7, 11) is 0. The van der Waals surface area contributed by atoms with Crippen molar-refractivity contribution in [3.8, 4) is 5.75 Å². The number of morpholine rings is 1. The molecule has 1 aromatic carbocycles. The van der Waals surface area contributed by atoms with E-state index in [2.05, 4.69) is 4.98 Å². The number of amides is 1. The van der Waals surface area contributed by atoms with Gasteiger partial charge in [0.05, 0.1) is 0 Å². The van der Waals surface area contributed by atoms with E-state index in [4.69, 9.17) is 4.74 Å². The van der Waals surface area contributed by atoms with Gasteiger partial charge in [-0.15, -0.1) is 0 Å². The van der Waals surface area contributed by atoms with Gasteiger partial charge < -0.3 is 0 Å². The first-order chi connectivity index (χ1) is 16.5.